The van der Waals surface area contributed by atoms with Gasteiger partial charge < -0.3 is 10.4 Å². The zero-order chi connectivity index (χ0) is 13.7. The average molecular weight is 255 g/mol. The lowest BCUT2D eigenvalue weighted by molar-refractivity contribution is 0.0526. The predicted octanol–water partition coefficient (Wildman–Crippen LogP) is 2.32. The summed E-state index contributed by atoms with van der Waals surface area (Å²) in [6.45, 7) is 1.86. The van der Waals surface area contributed by atoms with E-state index in [0.717, 1.165) is 5.56 Å². The van der Waals surface area contributed by atoms with Crippen LogP contribution in [0.1, 0.15) is 22.8 Å². The van der Waals surface area contributed by atoms with Gasteiger partial charge in [0, 0.05) is 5.56 Å². The van der Waals surface area contributed by atoms with Gasteiger partial charge in [0.15, 0.2) is 0 Å². The second-order valence-electron chi connectivity index (χ2n) is 4.69. The summed E-state index contributed by atoms with van der Waals surface area (Å²) in [7, 11) is 0. The molecule has 1 amide bonds. The smallest absolute Gasteiger partial charge is 0.251 e. The van der Waals surface area contributed by atoms with E-state index >= 15 is 0 Å². The lowest BCUT2D eigenvalue weighted by atomic mass is 9.96. The number of amides is 1. The van der Waals surface area contributed by atoms with Gasteiger partial charge in [-0.05, 0) is 24.6 Å². The lowest BCUT2D eigenvalue weighted by Gasteiger charge is -2.24. The standard InChI is InChI=1S/C16H17NO2/c1-16(19,14-10-6-3-7-11-14)12-17-15(18)13-8-4-2-5-9-13/h2-11,19H,12H2,1H3,(H,17,18). The number of benzene rings is 2. The first-order valence-electron chi connectivity index (χ1n) is 6.21. The number of hydrogen-bond donors (Lipinski definition) is 2. The quantitative estimate of drug-likeness (QED) is 0.881. The molecule has 0 saturated carbocycles. The highest BCUT2D eigenvalue weighted by Crippen LogP contribution is 2.19. The first-order chi connectivity index (χ1) is 9.09. The highest BCUT2D eigenvalue weighted by molar-refractivity contribution is 5.94. The van der Waals surface area contributed by atoms with Crippen LogP contribution in [0, 0.1) is 0 Å². The minimum atomic E-state index is -1.08. The fraction of sp³-hybridized carbons (Fsp3) is 0.188. The number of aliphatic hydroxyl groups is 1. The summed E-state index contributed by atoms with van der Waals surface area (Å²) in [6, 6.07) is 18.3. The summed E-state index contributed by atoms with van der Waals surface area (Å²) in [5, 5.41) is 13.1. The molecule has 1 atom stereocenters. The summed E-state index contributed by atoms with van der Waals surface area (Å²) < 4.78 is 0. The molecule has 0 aliphatic heterocycles. The maximum atomic E-state index is 11.9. The van der Waals surface area contributed by atoms with Gasteiger partial charge in [0.05, 0.1) is 6.54 Å². The van der Waals surface area contributed by atoms with Crippen molar-refractivity contribution in [2.75, 3.05) is 6.54 Å². The van der Waals surface area contributed by atoms with Gasteiger partial charge in [-0.15, -0.1) is 0 Å². The van der Waals surface area contributed by atoms with Gasteiger partial charge in [0.25, 0.3) is 5.91 Å². The number of carbonyl (C=O) groups excluding carboxylic acids is 1. The van der Waals surface area contributed by atoms with Gasteiger partial charge >= 0.3 is 0 Å². The van der Waals surface area contributed by atoms with Crippen LogP contribution in [0.25, 0.3) is 0 Å². The molecule has 2 N–H and O–H groups in total. The Morgan fingerprint density at radius 3 is 2.16 bits per heavy atom. The SMILES string of the molecule is CC(O)(CNC(=O)c1ccccc1)c1ccccc1. The van der Waals surface area contributed by atoms with Crippen LogP contribution in [0.3, 0.4) is 0 Å². The second-order valence-corrected chi connectivity index (χ2v) is 4.69. The Bertz CT molecular complexity index is 535. The summed E-state index contributed by atoms with van der Waals surface area (Å²) in [5.74, 6) is -0.184. The number of rotatable bonds is 4. The lowest BCUT2D eigenvalue weighted by Crippen LogP contribution is -2.38. The Morgan fingerprint density at radius 1 is 1.05 bits per heavy atom. The monoisotopic (exact) mass is 255 g/mol. The van der Waals surface area contributed by atoms with Crippen LogP contribution in [0.4, 0.5) is 0 Å². The summed E-state index contributed by atoms with van der Waals surface area (Å²) in [5.41, 5.74) is 0.292. The zero-order valence-electron chi connectivity index (χ0n) is 10.8. The molecule has 3 nitrogen and oxygen atoms in total. The number of hydrogen-bond acceptors (Lipinski definition) is 2. The first-order valence-corrected chi connectivity index (χ1v) is 6.21. The molecule has 0 bridgehead atoms. The van der Waals surface area contributed by atoms with Gasteiger partial charge in [0.2, 0.25) is 0 Å². The first kappa shape index (κ1) is 13.3. The molecule has 1 unspecified atom stereocenters. The molecule has 0 aliphatic rings. The molecule has 2 aromatic carbocycles. The van der Waals surface area contributed by atoms with E-state index in [1.54, 1.807) is 19.1 Å². The molecule has 0 fully saturated rings. The van der Waals surface area contributed by atoms with Gasteiger partial charge in [0.1, 0.15) is 5.60 Å². The van der Waals surface area contributed by atoms with Gasteiger partial charge in [-0.1, -0.05) is 48.5 Å². The maximum Gasteiger partial charge on any atom is 0.251 e. The van der Waals surface area contributed by atoms with Crippen molar-refractivity contribution >= 4 is 5.91 Å². The van der Waals surface area contributed by atoms with Crippen LogP contribution in [0.5, 0.6) is 0 Å². The Kier molecular flexibility index (Phi) is 3.97. The van der Waals surface area contributed by atoms with E-state index in [2.05, 4.69) is 5.32 Å². The molecule has 0 spiro atoms. The second kappa shape index (κ2) is 5.67. The molecule has 0 radical (unpaired) electrons. The van der Waals surface area contributed by atoms with Crippen LogP contribution < -0.4 is 5.32 Å². The third kappa shape index (κ3) is 3.42. The van der Waals surface area contributed by atoms with Crippen molar-refractivity contribution in [3.05, 3.63) is 71.8 Å². The van der Waals surface area contributed by atoms with Crippen molar-refractivity contribution in [2.24, 2.45) is 0 Å². The van der Waals surface area contributed by atoms with E-state index in [1.807, 2.05) is 48.5 Å². The van der Waals surface area contributed by atoms with Crippen LogP contribution in [0.2, 0.25) is 0 Å². The minimum absolute atomic E-state index is 0.171. The van der Waals surface area contributed by atoms with Gasteiger partial charge in [-0.3, -0.25) is 4.79 Å². The Hall–Kier alpha value is -2.13. The minimum Gasteiger partial charge on any atom is -0.384 e. The van der Waals surface area contributed by atoms with E-state index in [1.165, 1.54) is 0 Å². The van der Waals surface area contributed by atoms with Gasteiger partial charge in [-0.2, -0.15) is 0 Å². The van der Waals surface area contributed by atoms with Crippen molar-refractivity contribution in [3.63, 3.8) is 0 Å². The molecule has 0 aliphatic carbocycles. The van der Waals surface area contributed by atoms with Crippen LogP contribution in [-0.4, -0.2) is 17.6 Å². The third-order valence-corrected chi connectivity index (χ3v) is 3.02. The normalized spacial score (nSPS) is 13.6. The number of nitrogens with one attached hydrogen (secondary N) is 1. The molecule has 0 heterocycles. The van der Waals surface area contributed by atoms with Crippen LogP contribution in [0.15, 0.2) is 60.7 Å². The summed E-state index contributed by atoms with van der Waals surface area (Å²) in [6.07, 6.45) is 0. The molecule has 2 aromatic rings. The highest BCUT2D eigenvalue weighted by Gasteiger charge is 2.23. The number of carbonyl (C=O) groups is 1. The topological polar surface area (TPSA) is 49.3 Å². The summed E-state index contributed by atoms with van der Waals surface area (Å²) >= 11 is 0. The molecule has 98 valence electrons. The fourth-order valence-electron chi connectivity index (χ4n) is 1.84. The molecule has 3 heteroatoms. The van der Waals surface area contributed by atoms with E-state index in [0.29, 0.717) is 5.56 Å². The molecule has 0 aromatic heterocycles. The Morgan fingerprint density at radius 2 is 1.58 bits per heavy atom. The van der Waals surface area contributed by atoms with E-state index in [4.69, 9.17) is 0 Å². The molecular weight excluding hydrogens is 238 g/mol. The molecular formula is C16H17NO2. The molecule has 0 saturated heterocycles. The maximum absolute atomic E-state index is 11.9. The third-order valence-electron chi connectivity index (χ3n) is 3.02. The van der Waals surface area contributed by atoms with E-state index < -0.39 is 5.60 Å². The van der Waals surface area contributed by atoms with Crippen molar-refractivity contribution < 1.29 is 9.90 Å². The van der Waals surface area contributed by atoms with Crippen molar-refractivity contribution in [1.29, 1.82) is 0 Å². The summed E-state index contributed by atoms with van der Waals surface area (Å²) in [4.78, 5) is 11.9. The Balaban J connectivity index is 2.01. The zero-order valence-corrected chi connectivity index (χ0v) is 10.8. The molecule has 2 rings (SSSR count). The average Bonchev–Trinajstić information content (AvgIpc) is 2.47. The van der Waals surface area contributed by atoms with E-state index in [-0.39, 0.29) is 12.5 Å². The van der Waals surface area contributed by atoms with Crippen molar-refractivity contribution in [2.45, 2.75) is 12.5 Å². The van der Waals surface area contributed by atoms with Gasteiger partial charge in [-0.25, -0.2) is 0 Å². The largest absolute Gasteiger partial charge is 0.384 e. The van der Waals surface area contributed by atoms with E-state index in [9.17, 15) is 9.90 Å². The molecule has 19 heavy (non-hydrogen) atoms. The van der Waals surface area contributed by atoms with Crippen LogP contribution in [-0.2, 0) is 5.60 Å². The Labute approximate surface area is 112 Å². The predicted molar refractivity (Wildman–Crippen MR) is 74.8 cm³/mol. The van der Waals surface area contributed by atoms with Crippen LogP contribution >= 0.6 is 0 Å². The fourth-order valence-corrected chi connectivity index (χ4v) is 1.84. The van der Waals surface area contributed by atoms with Crippen molar-refractivity contribution in [3.8, 4) is 0 Å². The van der Waals surface area contributed by atoms with Crippen molar-refractivity contribution in [1.82, 2.24) is 5.32 Å². The highest BCUT2D eigenvalue weighted by atomic mass is 16.3.